The predicted octanol–water partition coefficient (Wildman–Crippen LogP) is 4.83. The minimum Gasteiger partial charge on any atom is -0.463 e. The highest BCUT2D eigenvalue weighted by Crippen LogP contribution is 2.47. The molecule has 0 radical (unpaired) electrons. The van der Waals surface area contributed by atoms with Crippen LogP contribution in [0.15, 0.2) is 115 Å². The van der Waals surface area contributed by atoms with Crippen LogP contribution in [0.3, 0.4) is 0 Å². The minimum absolute atomic E-state index is 0.281. The van der Waals surface area contributed by atoms with Gasteiger partial charge in [0.25, 0.3) is 0 Å². The highest BCUT2D eigenvalue weighted by Gasteiger charge is 2.33. The molecule has 4 rings (SSSR count). The van der Waals surface area contributed by atoms with E-state index in [-0.39, 0.29) is 5.97 Å². The molecule has 0 saturated heterocycles. The average Bonchev–Trinajstić information content (AvgIpc) is 2.91. The number of hydrogen-bond acceptors (Lipinski definition) is 3. The summed E-state index contributed by atoms with van der Waals surface area (Å²) in [5.41, 5.74) is 1.56. The molecule has 0 amide bonds. The molecule has 3 nitrogen and oxygen atoms in total. The molecule has 0 bridgehead atoms. The fourth-order valence-electron chi connectivity index (χ4n) is 4.30. The second-order valence-electron chi connectivity index (χ2n) is 7.83. The largest absolute Gasteiger partial charge is 0.463 e. The second-order valence-corrected chi connectivity index (χ2v) is 11.3. The fraction of sp³-hybridized carbons (Fsp3) is 0.100. The van der Waals surface area contributed by atoms with Crippen LogP contribution in [0.25, 0.3) is 0 Å². The van der Waals surface area contributed by atoms with Crippen molar-refractivity contribution in [3.63, 3.8) is 0 Å². The summed E-state index contributed by atoms with van der Waals surface area (Å²) in [5, 5.41) is 13.3. The number of rotatable bonds is 7. The Morgan fingerprint density at radius 1 is 0.735 bits per heavy atom. The summed E-state index contributed by atoms with van der Waals surface area (Å²) in [7, 11) is 0. The highest BCUT2D eigenvalue weighted by atomic mass is 31.2. The van der Waals surface area contributed by atoms with Gasteiger partial charge in [-0.3, -0.25) is 0 Å². The third-order valence-corrected chi connectivity index (χ3v) is 10.2. The molecular weight excluding hydrogens is 437 g/mol. The lowest BCUT2D eigenvalue weighted by Gasteiger charge is -2.32. The topological polar surface area (TPSA) is 50.1 Å². The lowest BCUT2D eigenvalue weighted by Crippen LogP contribution is -2.35. The van der Waals surface area contributed by atoms with Crippen LogP contribution in [0.2, 0.25) is 0 Å². The van der Waals surface area contributed by atoms with E-state index in [1.165, 1.54) is 0 Å². The molecule has 4 aromatic carbocycles. The zero-order valence-corrected chi connectivity index (χ0v) is 20.0. The number of hydrogen-bond donors (Lipinski definition) is 0. The van der Waals surface area contributed by atoms with Gasteiger partial charge in [-0.25, -0.2) is 4.79 Å². The first-order valence-electron chi connectivity index (χ1n) is 11.3. The van der Waals surface area contributed by atoms with E-state index in [0.717, 1.165) is 26.8 Å². The maximum absolute atomic E-state index is 13.8. The number of carbonyl (C=O) groups excluding carboxylic acids is 1. The third kappa shape index (κ3) is 4.60. The van der Waals surface area contributed by atoms with E-state index in [1.807, 2.05) is 73.7 Å². The van der Waals surface area contributed by atoms with E-state index in [2.05, 4.69) is 42.5 Å². The van der Waals surface area contributed by atoms with Gasteiger partial charge in [0.05, 0.1) is 23.5 Å². The first-order valence-corrected chi connectivity index (χ1v) is 13.1. The maximum atomic E-state index is 13.8. The molecule has 0 spiro atoms. The molecule has 0 aliphatic carbocycles. The predicted molar refractivity (Wildman–Crippen MR) is 142 cm³/mol. The van der Waals surface area contributed by atoms with Crippen LogP contribution < -0.4 is 15.9 Å². The van der Waals surface area contributed by atoms with Crippen molar-refractivity contribution in [2.24, 2.45) is 0 Å². The van der Waals surface area contributed by atoms with Gasteiger partial charge < -0.3 is 4.74 Å². The van der Waals surface area contributed by atoms with E-state index >= 15 is 0 Å². The summed E-state index contributed by atoms with van der Waals surface area (Å²) in [6, 6.07) is 40.5. The Kier molecular flexibility index (Phi) is 7.43. The van der Waals surface area contributed by atoms with Crippen LogP contribution >= 0.6 is 6.89 Å². The Hall–Kier alpha value is -3.86. The smallest absolute Gasteiger partial charge is 0.335 e. The Morgan fingerprint density at radius 2 is 1.18 bits per heavy atom. The zero-order chi connectivity index (χ0) is 23.8. The molecule has 0 aliphatic heterocycles. The SMILES string of the molecule is CCOC(=O)C(Cc1ccc(C#N)cc1)=P(c1ccccc1)(c1ccccc1)c1ccccc1. The molecule has 168 valence electrons. The van der Waals surface area contributed by atoms with Crippen molar-refractivity contribution >= 4 is 34.1 Å². The van der Waals surface area contributed by atoms with Crippen LogP contribution in [0, 0.1) is 11.3 Å². The van der Waals surface area contributed by atoms with Crippen LogP contribution in [-0.2, 0) is 16.0 Å². The number of benzene rings is 4. The summed E-state index contributed by atoms with van der Waals surface area (Å²) in [6.45, 7) is -0.418. The minimum atomic E-state index is -2.56. The summed E-state index contributed by atoms with van der Waals surface area (Å²) in [5.74, 6) is -0.281. The van der Waals surface area contributed by atoms with E-state index < -0.39 is 6.89 Å². The third-order valence-electron chi connectivity index (χ3n) is 5.80. The van der Waals surface area contributed by atoms with Gasteiger partial charge in [-0.2, -0.15) is 5.26 Å². The summed E-state index contributed by atoms with van der Waals surface area (Å²) >= 11 is 0. The lowest BCUT2D eigenvalue weighted by atomic mass is 10.1. The zero-order valence-electron chi connectivity index (χ0n) is 19.1. The number of nitriles is 1. The van der Waals surface area contributed by atoms with Crippen molar-refractivity contribution in [2.45, 2.75) is 13.3 Å². The Morgan fingerprint density at radius 3 is 1.56 bits per heavy atom. The van der Waals surface area contributed by atoms with Gasteiger partial charge in [0.15, 0.2) is 0 Å². The molecule has 0 fully saturated rings. The summed E-state index contributed by atoms with van der Waals surface area (Å²) < 4.78 is 5.69. The fourth-order valence-corrected chi connectivity index (χ4v) is 8.75. The molecule has 0 N–H and O–H groups in total. The van der Waals surface area contributed by atoms with Gasteiger partial charge in [0.1, 0.15) is 0 Å². The van der Waals surface area contributed by atoms with E-state index in [1.54, 1.807) is 12.1 Å². The van der Waals surface area contributed by atoms with E-state index in [0.29, 0.717) is 18.6 Å². The molecule has 4 heteroatoms. The Bertz CT molecular complexity index is 1240. The van der Waals surface area contributed by atoms with Gasteiger partial charge in [-0.05, 0) is 47.4 Å². The van der Waals surface area contributed by atoms with Crippen molar-refractivity contribution in [3.05, 3.63) is 126 Å². The molecule has 34 heavy (non-hydrogen) atoms. The highest BCUT2D eigenvalue weighted by molar-refractivity contribution is 7.96. The quantitative estimate of drug-likeness (QED) is 0.291. The molecule has 0 heterocycles. The van der Waals surface area contributed by atoms with Crippen LogP contribution in [0.4, 0.5) is 0 Å². The number of carbonyl (C=O) groups is 1. The monoisotopic (exact) mass is 463 g/mol. The normalized spacial score (nSPS) is 10.8. The van der Waals surface area contributed by atoms with Crippen molar-refractivity contribution in [1.29, 1.82) is 5.26 Å². The molecule has 0 atom stereocenters. The molecule has 4 aromatic rings. The van der Waals surface area contributed by atoms with Crippen molar-refractivity contribution in [3.8, 4) is 6.07 Å². The standard InChI is InChI=1S/C30H26NO2P/c1-2-33-30(32)29(22-24-18-20-25(23-31)21-19-24)34(26-12-6-3-7-13-26,27-14-8-4-9-15-27)28-16-10-5-11-17-28/h3-21H,2,22H2,1H3. The van der Waals surface area contributed by atoms with Gasteiger partial charge >= 0.3 is 5.97 Å². The first kappa shape index (κ1) is 23.3. The molecule has 0 saturated carbocycles. The first-order chi connectivity index (χ1) is 16.7. The van der Waals surface area contributed by atoms with Crippen LogP contribution in [-0.4, -0.2) is 17.9 Å². The van der Waals surface area contributed by atoms with Crippen LogP contribution in [0.1, 0.15) is 18.1 Å². The lowest BCUT2D eigenvalue weighted by molar-refractivity contribution is -0.134. The van der Waals surface area contributed by atoms with E-state index in [9.17, 15) is 10.1 Å². The summed E-state index contributed by atoms with van der Waals surface area (Å²) in [6.07, 6.45) is 0.428. The van der Waals surface area contributed by atoms with E-state index in [4.69, 9.17) is 4.74 Å². The van der Waals surface area contributed by atoms with Crippen LogP contribution in [0.5, 0.6) is 0 Å². The molecular formula is C30H26NO2P. The van der Waals surface area contributed by atoms with Gasteiger partial charge in [0, 0.05) is 6.42 Å². The Balaban J connectivity index is 2.15. The molecule has 0 unspecified atom stereocenters. The molecule has 0 aromatic heterocycles. The van der Waals surface area contributed by atoms with Gasteiger partial charge in [-0.15, -0.1) is 0 Å². The van der Waals surface area contributed by atoms with Gasteiger partial charge in [-0.1, -0.05) is 103 Å². The van der Waals surface area contributed by atoms with Gasteiger partial charge in [0.2, 0.25) is 0 Å². The van der Waals surface area contributed by atoms with Crippen molar-refractivity contribution < 1.29 is 9.53 Å². The van der Waals surface area contributed by atoms with Crippen molar-refractivity contribution in [2.75, 3.05) is 6.61 Å². The second kappa shape index (κ2) is 10.8. The van der Waals surface area contributed by atoms with Crippen molar-refractivity contribution in [1.82, 2.24) is 0 Å². The maximum Gasteiger partial charge on any atom is 0.335 e. The number of esters is 1. The number of ether oxygens (including phenoxy) is 1. The summed E-state index contributed by atoms with van der Waals surface area (Å²) in [4.78, 5) is 13.8. The average molecular weight is 464 g/mol. The number of nitrogens with zero attached hydrogens (tertiary/aromatic N) is 1. The molecule has 0 aliphatic rings. The Labute approximate surface area is 201 Å².